The third kappa shape index (κ3) is 4.58. The second kappa shape index (κ2) is 8.57. The lowest BCUT2D eigenvalue weighted by Crippen LogP contribution is -2.19. The highest BCUT2D eigenvalue weighted by molar-refractivity contribution is 5.36. The third-order valence-corrected chi connectivity index (χ3v) is 3.79. The molecule has 3 heteroatoms. The van der Waals surface area contributed by atoms with Crippen molar-refractivity contribution in [2.45, 2.75) is 26.4 Å². The van der Waals surface area contributed by atoms with Gasteiger partial charge < -0.3 is 14.8 Å². The number of rotatable bonds is 8. The topological polar surface area (TPSA) is 30.5 Å². The van der Waals surface area contributed by atoms with Gasteiger partial charge in [0, 0.05) is 25.3 Å². The van der Waals surface area contributed by atoms with Crippen LogP contribution in [0.1, 0.15) is 29.7 Å². The normalized spacial score (nSPS) is 12.1. The first-order valence-corrected chi connectivity index (χ1v) is 7.71. The Balaban J connectivity index is 2.00. The summed E-state index contributed by atoms with van der Waals surface area (Å²) in [5.41, 5.74) is 3.81. The molecule has 118 valence electrons. The molecule has 0 saturated carbocycles. The summed E-state index contributed by atoms with van der Waals surface area (Å²) in [5.74, 6) is 0.921. The van der Waals surface area contributed by atoms with Crippen LogP contribution in [0.3, 0.4) is 0 Å². The van der Waals surface area contributed by atoms with Crippen molar-refractivity contribution in [2.75, 3.05) is 20.3 Å². The minimum absolute atomic E-state index is 0.221. The van der Waals surface area contributed by atoms with Crippen LogP contribution in [0.25, 0.3) is 0 Å². The monoisotopic (exact) mass is 299 g/mol. The minimum Gasteiger partial charge on any atom is -0.491 e. The van der Waals surface area contributed by atoms with E-state index < -0.39 is 0 Å². The number of benzene rings is 2. The molecule has 1 N–H and O–H groups in total. The largest absolute Gasteiger partial charge is 0.491 e. The van der Waals surface area contributed by atoms with E-state index in [2.05, 4.69) is 49.5 Å². The smallest absolute Gasteiger partial charge is 0.124 e. The Labute approximate surface area is 133 Å². The van der Waals surface area contributed by atoms with E-state index in [9.17, 15) is 0 Å². The van der Waals surface area contributed by atoms with Crippen LogP contribution in [-0.2, 0) is 11.3 Å². The quantitative estimate of drug-likeness (QED) is 0.751. The Morgan fingerprint density at radius 2 is 1.73 bits per heavy atom. The summed E-state index contributed by atoms with van der Waals surface area (Å²) < 4.78 is 10.9. The molecule has 0 saturated heterocycles. The van der Waals surface area contributed by atoms with Gasteiger partial charge in [0.15, 0.2) is 0 Å². The first kappa shape index (κ1) is 16.5. The fourth-order valence-electron chi connectivity index (χ4n) is 2.39. The van der Waals surface area contributed by atoms with Crippen LogP contribution in [-0.4, -0.2) is 20.3 Å². The average molecular weight is 299 g/mol. The van der Waals surface area contributed by atoms with Crippen LogP contribution in [0.4, 0.5) is 0 Å². The molecule has 1 atom stereocenters. The molecule has 0 amide bonds. The summed E-state index contributed by atoms with van der Waals surface area (Å²) in [6.07, 6.45) is 0. The van der Waals surface area contributed by atoms with Crippen molar-refractivity contribution in [3.63, 3.8) is 0 Å². The summed E-state index contributed by atoms with van der Waals surface area (Å²) in [4.78, 5) is 0. The lowest BCUT2D eigenvalue weighted by atomic mass is 10.1. The molecule has 22 heavy (non-hydrogen) atoms. The number of ether oxygens (including phenoxy) is 2. The zero-order chi connectivity index (χ0) is 15.8. The third-order valence-electron chi connectivity index (χ3n) is 3.79. The Kier molecular flexibility index (Phi) is 6.44. The lowest BCUT2D eigenvalue weighted by Gasteiger charge is -2.19. The standard InChI is InChI=1S/C19H25NO2/c1-15-8-4-5-9-17(15)14-20-16(2)18-10-6-7-11-19(18)22-13-12-21-3/h4-11,16,20H,12-14H2,1-3H3. The predicted octanol–water partition coefficient (Wildman–Crippen LogP) is 3.87. The molecule has 0 fully saturated rings. The van der Waals surface area contributed by atoms with Gasteiger partial charge in [0.1, 0.15) is 12.4 Å². The summed E-state index contributed by atoms with van der Waals surface area (Å²) in [6.45, 7) is 6.32. The van der Waals surface area contributed by atoms with Crippen molar-refractivity contribution in [3.05, 3.63) is 65.2 Å². The molecule has 0 aliphatic heterocycles. The van der Waals surface area contributed by atoms with Gasteiger partial charge in [-0.25, -0.2) is 0 Å². The molecule has 0 heterocycles. The molecule has 2 aromatic carbocycles. The maximum Gasteiger partial charge on any atom is 0.124 e. The highest BCUT2D eigenvalue weighted by Gasteiger charge is 2.11. The molecule has 3 nitrogen and oxygen atoms in total. The van der Waals surface area contributed by atoms with Gasteiger partial charge in [0.2, 0.25) is 0 Å². The maximum atomic E-state index is 5.81. The van der Waals surface area contributed by atoms with Crippen LogP contribution < -0.4 is 10.1 Å². The van der Waals surface area contributed by atoms with E-state index in [4.69, 9.17) is 9.47 Å². The van der Waals surface area contributed by atoms with E-state index in [1.54, 1.807) is 7.11 Å². The Hall–Kier alpha value is -1.84. The summed E-state index contributed by atoms with van der Waals surface area (Å²) in [7, 11) is 1.68. The number of hydrogen-bond donors (Lipinski definition) is 1. The average Bonchev–Trinajstić information content (AvgIpc) is 2.54. The van der Waals surface area contributed by atoms with Gasteiger partial charge in [-0.15, -0.1) is 0 Å². The molecule has 0 radical (unpaired) electrons. The fourth-order valence-corrected chi connectivity index (χ4v) is 2.39. The highest BCUT2D eigenvalue weighted by atomic mass is 16.5. The number of methoxy groups -OCH3 is 1. The SMILES string of the molecule is COCCOc1ccccc1C(C)NCc1ccccc1C. The van der Waals surface area contributed by atoms with E-state index in [-0.39, 0.29) is 6.04 Å². The summed E-state index contributed by atoms with van der Waals surface area (Å²) in [5, 5.41) is 3.58. The Morgan fingerprint density at radius 1 is 1.00 bits per heavy atom. The Morgan fingerprint density at radius 3 is 2.50 bits per heavy atom. The van der Waals surface area contributed by atoms with Crippen LogP contribution in [0.5, 0.6) is 5.75 Å². The van der Waals surface area contributed by atoms with Gasteiger partial charge in [-0.2, -0.15) is 0 Å². The van der Waals surface area contributed by atoms with Gasteiger partial charge in [-0.3, -0.25) is 0 Å². The van der Waals surface area contributed by atoms with Gasteiger partial charge in [0.25, 0.3) is 0 Å². The van der Waals surface area contributed by atoms with Crippen molar-refractivity contribution >= 4 is 0 Å². The number of hydrogen-bond acceptors (Lipinski definition) is 3. The number of aryl methyl sites for hydroxylation is 1. The minimum atomic E-state index is 0.221. The zero-order valence-electron chi connectivity index (χ0n) is 13.6. The van der Waals surface area contributed by atoms with Gasteiger partial charge in [0.05, 0.1) is 6.61 Å². The predicted molar refractivity (Wildman–Crippen MR) is 90.2 cm³/mol. The van der Waals surface area contributed by atoms with Crippen molar-refractivity contribution < 1.29 is 9.47 Å². The molecule has 0 aliphatic rings. The van der Waals surface area contributed by atoms with Gasteiger partial charge in [-0.05, 0) is 31.0 Å². The van der Waals surface area contributed by atoms with Crippen molar-refractivity contribution in [2.24, 2.45) is 0 Å². The fraction of sp³-hybridized carbons (Fsp3) is 0.368. The zero-order valence-corrected chi connectivity index (χ0v) is 13.6. The maximum absolute atomic E-state index is 5.81. The molecule has 2 aromatic rings. The molecular formula is C19H25NO2. The molecule has 0 aliphatic carbocycles. The van der Waals surface area contributed by atoms with Crippen molar-refractivity contribution in [3.8, 4) is 5.75 Å². The van der Waals surface area contributed by atoms with Crippen LogP contribution in [0, 0.1) is 6.92 Å². The second-order valence-corrected chi connectivity index (χ2v) is 5.41. The number of para-hydroxylation sites is 1. The molecule has 2 rings (SSSR count). The molecule has 0 bridgehead atoms. The highest BCUT2D eigenvalue weighted by Crippen LogP contribution is 2.25. The van der Waals surface area contributed by atoms with Crippen LogP contribution >= 0.6 is 0 Å². The van der Waals surface area contributed by atoms with Crippen LogP contribution in [0.15, 0.2) is 48.5 Å². The molecular weight excluding hydrogens is 274 g/mol. The van der Waals surface area contributed by atoms with Gasteiger partial charge in [-0.1, -0.05) is 42.5 Å². The van der Waals surface area contributed by atoms with Crippen molar-refractivity contribution in [1.82, 2.24) is 5.32 Å². The first-order chi connectivity index (χ1) is 10.7. The van der Waals surface area contributed by atoms with E-state index in [0.717, 1.165) is 12.3 Å². The Bertz CT molecular complexity index is 583. The summed E-state index contributed by atoms with van der Waals surface area (Å²) in [6, 6.07) is 16.8. The number of nitrogens with one attached hydrogen (secondary N) is 1. The van der Waals surface area contributed by atoms with E-state index in [1.807, 2.05) is 18.2 Å². The van der Waals surface area contributed by atoms with Crippen LogP contribution in [0.2, 0.25) is 0 Å². The lowest BCUT2D eigenvalue weighted by molar-refractivity contribution is 0.145. The molecule has 0 spiro atoms. The van der Waals surface area contributed by atoms with E-state index >= 15 is 0 Å². The molecule has 1 unspecified atom stereocenters. The summed E-state index contributed by atoms with van der Waals surface area (Å²) >= 11 is 0. The second-order valence-electron chi connectivity index (χ2n) is 5.41. The first-order valence-electron chi connectivity index (χ1n) is 7.71. The van der Waals surface area contributed by atoms with Gasteiger partial charge >= 0.3 is 0 Å². The molecule has 0 aromatic heterocycles. The van der Waals surface area contributed by atoms with E-state index in [1.165, 1.54) is 16.7 Å². The van der Waals surface area contributed by atoms with E-state index in [0.29, 0.717) is 13.2 Å². The van der Waals surface area contributed by atoms with Crippen molar-refractivity contribution in [1.29, 1.82) is 0 Å².